The van der Waals surface area contributed by atoms with Crippen LogP contribution in [0.15, 0.2) is 42.0 Å². The van der Waals surface area contributed by atoms with Crippen LogP contribution in [0.1, 0.15) is 15.9 Å². The molecule has 32 heavy (non-hydrogen) atoms. The first-order valence-electron chi connectivity index (χ1n) is 8.92. The first-order chi connectivity index (χ1) is 15.3. The predicted octanol–water partition coefficient (Wildman–Crippen LogP) is 3.46. The molecule has 1 fully saturated rings. The molecule has 0 aromatic heterocycles. The van der Waals surface area contributed by atoms with E-state index in [1.54, 1.807) is 0 Å². The summed E-state index contributed by atoms with van der Waals surface area (Å²) in [5, 5.41) is 2.34. The number of nitrogens with one attached hydrogen (secondary N) is 1. The topological polar surface area (TPSA) is 102 Å². The van der Waals surface area contributed by atoms with Crippen molar-refractivity contribution in [2.24, 2.45) is 0 Å². The standard InChI is InChI=1S/C22H14Cl2N2O6/c1-3-8-32-18-16(23)10-12(11-17(18)24)9-15-19(27)25-22(30)26(20(15)28)14-6-4-13(5-7-14)21(29)31-2/h1,4-7,9-11H,8H2,2H3,(H,25,27,30)/b15-9-. The average molecular weight is 473 g/mol. The van der Waals surface area contributed by atoms with Gasteiger partial charge in [0.1, 0.15) is 12.2 Å². The van der Waals surface area contributed by atoms with E-state index >= 15 is 0 Å². The maximum Gasteiger partial charge on any atom is 0.337 e. The van der Waals surface area contributed by atoms with E-state index in [1.807, 2.05) is 0 Å². The van der Waals surface area contributed by atoms with Gasteiger partial charge in [0.15, 0.2) is 5.75 Å². The molecule has 4 amide bonds. The zero-order valence-electron chi connectivity index (χ0n) is 16.5. The molecule has 0 radical (unpaired) electrons. The van der Waals surface area contributed by atoms with Gasteiger partial charge in [-0.3, -0.25) is 14.9 Å². The molecule has 0 aliphatic carbocycles. The summed E-state index contributed by atoms with van der Waals surface area (Å²) in [7, 11) is 1.23. The van der Waals surface area contributed by atoms with Gasteiger partial charge < -0.3 is 9.47 Å². The molecule has 10 heteroatoms. The third-order valence-electron chi connectivity index (χ3n) is 4.28. The number of methoxy groups -OCH3 is 1. The number of esters is 1. The van der Waals surface area contributed by atoms with Crippen LogP contribution < -0.4 is 15.0 Å². The third kappa shape index (κ3) is 4.59. The molecular formula is C22H14Cl2N2O6. The molecule has 0 spiro atoms. The van der Waals surface area contributed by atoms with Gasteiger partial charge in [-0.25, -0.2) is 14.5 Å². The monoisotopic (exact) mass is 472 g/mol. The quantitative estimate of drug-likeness (QED) is 0.309. The molecule has 2 aromatic rings. The van der Waals surface area contributed by atoms with Crippen LogP contribution in [0.5, 0.6) is 5.75 Å². The maximum absolute atomic E-state index is 13.0. The highest BCUT2D eigenvalue weighted by atomic mass is 35.5. The number of rotatable bonds is 5. The average Bonchev–Trinajstić information content (AvgIpc) is 2.76. The Balaban J connectivity index is 1.96. The number of barbiturate groups is 1. The lowest BCUT2D eigenvalue weighted by molar-refractivity contribution is -0.122. The molecular weight excluding hydrogens is 459 g/mol. The van der Waals surface area contributed by atoms with Crippen LogP contribution >= 0.6 is 23.2 Å². The first-order valence-corrected chi connectivity index (χ1v) is 9.67. The van der Waals surface area contributed by atoms with Crippen LogP contribution in [0.3, 0.4) is 0 Å². The number of benzene rings is 2. The fourth-order valence-electron chi connectivity index (χ4n) is 2.84. The number of urea groups is 1. The van der Waals surface area contributed by atoms with Crippen molar-refractivity contribution in [3.05, 3.63) is 63.1 Å². The Bertz CT molecular complexity index is 1170. The zero-order valence-corrected chi connectivity index (χ0v) is 18.0. The summed E-state index contributed by atoms with van der Waals surface area (Å²) in [6.07, 6.45) is 6.39. The van der Waals surface area contributed by atoms with Gasteiger partial charge in [-0.2, -0.15) is 0 Å². The molecule has 8 nitrogen and oxygen atoms in total. The minimum atomic E-state index is -0.933. The number of halogens is 2. The minimum absolute atomic E-state index is 0.0490. The van der Waals surface area contributed by atoms with E-state index in [0.29, 0.717) is 5.56 Å². The lowest BCUT2D eigenvalue weighted by atomic mass is 10.1. The van der Waals surface area contributed by atoms with Crippen LogP contribution in [0.2, 0.25) is 10.0 Å². The van der Waals surface area contributed by atoms with Crippen molar-refractivity contribution in [2.45, 2.75) is 0 Å². The van der Waals surface area contributed by atoms with Crippen LogP contribution in [-0.2, 0) is 14.3 Å². The molecule has 1 heterocycles. The number of terminal acetylenes is 1. The van der Waals surface area contributed by atoms with E-state index in [-0.39, 0.29) is 39.2 Å². The number of ether oxygens (including phenoxy) is 2. The van der Waals surface area contributed by atoms with Crippen molar-refractivity contribution in [2.75, 3.05) is 18.6 Å². The fourth-order valence-corrected chi connectivity index (χ4v) is 3.45. The van der Waals surface area contributed by atoms with Crippen LogP contribution in [0.25, 0.3) is 6.08 Å². The van der Waals surface area contributed by atoms with Crippen molar-refractivity contribution < 1.29 is 28.7 Å². The van der Waals surface area contributed by atoms with Gasteiger partial charge in [0.25, 0.3) is 11.8 Å². The highest BCUT2D eigenvalue weighted by molar-refractivity contribution is 6.40. The fraction of sp³-hybridized carbons (Fsp3) is 0.0909. The number of carbonyl (C=O) groups is 4. The van der Waals surface area contributed by atoms with Crippen LogP contribution in [0, 0.1) is 12.3 Å². The molecule has 0 unspecified atom stereocenters. The van der Waals surface area contributed by atoms with E-state index in [2.05, 4.69) is 16.0 Å². The van der Waals surface area contributed by atoms with Crippen LogP contribution in [0.4, 0.5) is 10.5 Å². The molecule has 0 saturated carbocycles. The van der Waals surface area contributed by atoms with Crippen molar-refractivity contribution in [1.82, 2.24) is 5.32 Å². The Morgan fingerprint density at radius 2 is 1.78 bits per heavy atom. The summed E-state index contributed by atoms with van der Waals surface area (Å²) in [6.45, 7) is -0.0490. The molecule has 162 valence electrons. The summed E-state index contributed by atoms with van der Waals surface area (Å²) in [4.78, 5) is 50.0. The molecule has 0 atom stereocenters. The van der Waals surface area contributed by atoms with Crippen molar-refractivity contribution >= 4 is 58.8 Å². The highest BCUT2D eigenvalue weighted by Gasteiger charge is 2.37. The third-order valence-corrected chi connectivity index (χ3v) is 4.84. The van der Waals surface area contributed by atoms with Gasteiger partial charge >= 0.3 is 12.0 Å². The predicted molar refractivity (Wildman–Crippen MR) is 118 cm³/mol. The van der Waals surface area contributed by atoms with Gasteiger partial charge in [-0.05, 0) is 48.0 Å². The number of carbonyl (C=O) groups excluding carboxylic acids is 4. The van der Waals surface area contributed by atoms with Gasteiger partial charge in [0.2, 0.25) is 0 Å². The smallest absolute Gasteiger partial charge is 0.337 e. The number of imide groups is 2. The Hall–Kier alpha value is -3.80. The summed E-state index contributed by atoms with van der Waals surface area (Å²) >= 11 is 12.3. The zero-order chi connectivity index (χ0) is 23.4. The van der Waals surface area contributed by atoms with E-state index in [4.69, 9.17) is 34.4 Å². The van der Waals surface area contributed by atoms with E-state index in [0.717, 1.165) is 4.90 Å². The summed E-state index contributed by atoms with van der Waals surface area (Å²) < 4.78 is 9.89. The maximum atomic E-state index is 13.0. The molecule has 0 bridgehead atoms. The molecule has 1 N–H and O–H groups in total. The molecule has 3 rings (SSSR count). The summed E-state index contributed by atoms with van der Waals surface area (Å²) in [6, 6.07) is 7.45. The number of hydrogen-bond donors (Lipinski definition) is 1. The van der Waals surface area contributed by atoms with Crippen molar-refractivity contribution in [3.63, 3.8) is 0 Å². The van der Waals surface area contributed by atoms with Gasteiger partial charge in [0.05, 0.1) is 28.4 Å². The number of nitrogens with zero attached hydrogens (tertiary/aromatic N) is 1. The van der Waals surface area contributed by atoms with Crippen molar-refractivity contribution in [3.8, 4) is 18.1 Å². The normalized spacial score (nSPS) is 14.8. The number of anilines is 1. The first kappa shape index (κ1) is 22.9. The minimum Gasteiger partial charge on any atom is -0.478 e. The van der Waals surface area contributed by atoms with Gasteiger partial charge in [-0.15, -0.1) is 6.42 Å². The van der Waals surface area contributed by atoms with Crippen molar-refractivity contribution in [1.29, 1.82) is 0 Å². The Morgan fingerprint density at radius 3 is 2.34 bits per heavy atom. The van der Waals surface area contributed by atoms with Gasteiger partial charge in [-0.1, -0.05) is 29.1 Å². The Kier molecular flexibility index (Phi) is 6.83. The second-order valence-corrected chi connectivity index (χ2v) is 7.12. The largest absolute Gasteiger partial charge is 0.478 e. The molecule has 1 saturated heterocycles. The van der Waals surface area contributed by atoms with E-state index in [9.17, 15) is 19.2 Å². The lowest BCUT2D eigenvalue weighted by Gasteiger charge is -2.26. The Morgan fingerprint density at radius 1 is 1.16 bits per heavy atom. The summed E-state index contributed by atoms with van der Waals surface area (Å²) in [5.74, 6) is 0.114. The summed E-state index contributed by atoms with van der Waals surface area (Å²) in [5.41, 5.74) is 0.366. The van der Waals surface area contributed by atoms with Crippen LogP contribution in [-0.4, -0.2) is 37.5 Å². The lowest BCUT2D eigenvalue weighted by Crippen LogP contribution is -2.54. The highest BCUT2D eigenvalue weighted by Crippen LogP contribution is 2.35. The molecule has 1 aliphatic heterocycles. The van der Waals surface area contributed by atoms with E-state index in [1.165, 1.54) is 49.6 Å². The van der Waals surface area contributed by atoms with Gasteiger partial charge in [0, 0.05) is 0 Å². The SMILES string of the molecule is C#CCOc1c(Cl)cc(/C=C2/C(=O)NC(=O)N(c3ccc(C(=O)OC)cc3)C2=O)cc1Cl. The number of hydrogen-bond acceptors (Lipinski definition) is 6. The van der Waals surface area contributed by atoms with E-state index < -0.39 is 23.8 Å². The Labute approximate surface area is 192 Å². The molecule has 2 aromatic carbocycles. The number of amides is 4. The second kappa shape index (κ2) is 9.56. The second-order valence-electron chi connectivity index (χ2n) is 6.30. The molecule has 1 aliphatic rings.